The summed E-state index contributed by atoms with van der Waals surface area (Å²) in [6, 6.07) is 2.07. The Kier molecular flexibility index (Phi) is 3.15. The molecule has 3 heterocycles. The van der Waals surface area contributed by atoms with Crippen molar-refractivity contribution in [1.29, 1.82) is 0 Å². The monoisotopic (exact) mass is 291 g/mol. The van der Waals surface area contributed by atoms with Crippen LogP contribution in [0, 0.1) is 0 Å². The van der Waals surface area contributed by atoms with Crippen molar-refractivity contribution in [3.05, 3.63) is 12.3 Å². The number of amides is 1. The van der Waals surface area contributed by atoms with E-state index in [0.717, 1.165) is 13.0 Å². The molecule has 2 aliphatic heterocycles. The van der Waals surface area contributed by atoms with Crippen LogP contribution in [0.4, 0.5) is 16.6 Å². The van der Waals surface area contributed by atoms with Gasteiger partial charge >= 0.3 is 6.09 Å². The lowest BCUT2D eigenvalue weighted by atomic mass is 10.2. The smallest absolute Gasteiger partial charge is 0.410 e. The van der Waals surface area contributed by atoms with Crippen LogP contribution in [-0.4, -0.2) is 51.7 Å². The van der Waals surface area contributed by atoms with Crippen LogP contribution in [0.3, 0.4) is 0 Å². The molecule has 2 fully saturated rings. The first-order chi connectivity index (χ1) is 9.83. The average Bonchev–Trinajstić information content (AvgIpc) is 2.96. The molecule has 0 aromatic carbocycles. The summed E-state index contributed by atoms with van der Waals surface area (Å²) in [5.41, 5.74) is 5.24. The van der Waals surface area contributed by atoms with Gasteiger partial charge in [-0.2, -0.15) is 4.98 Å². The second kappa shape index (κ2) is 4.75. The van der Waals surface area contributed by atoms with Gasteiger partial charge in [-0.3, -0.25) is 0 Å². The number of nitrogen functional groups attached to an aromatic ring is 1. The topological polar surface area (TPSA) is 84.6 Å². The SMILES string of the molecule is CC(C)(C)OC(=O)N1C[C@@H]2C[C@H]1CN2c1nccc(N)n1. The Hall–Kier alpha value is -2.05. The zero-order valence-corrected chi connectivity index (χ0v) is 12.6. The van der Waals surface area contributed by atoms with Crippen molar-refractivity contribution in [2.24, 2.45) is 0 Å². The first-order valence-electron chi connectivity index (χ1n) is 7.18. The molecule has 2 aliphatic rings. The van der Waals surface area contributed by atoms with E-state index in [9.17, 15) is 4.79 Å². The van der Waals surface area contributed by atoms with E-state index in [-0.39, 0.29) is 18.2 Å². The molecule has 0 radical (unpaired) electrons. The van der Waals surface area contributed by atoms with Gasteiger partial charge in [0, 0.05) is 19.3 Å². The normalized spacial score (nSPS) is 24.5. The van der Waals surface area contributed by atoms with Gasteiger partial charge in [0.2, 0.25) is 5.95 Å². The zero-order chi connectivity index (χ0) is 15.2. The van der Waals surface area contributed by atoms with E-state index in [1.54, 1.807) is 12.3 Å². The van der Waals surface area contributed by atoms with Crippen LogP contribution in [0.5, 0.6) is 0 Å². The number of nitrogens with zero attached hydrogens (tertiary/aromatic N) is 4. The quantitative estimate of drug-likeness (QED) is 0.838. The molecule has 2 saturated heterocycles. The van der Waals surface area contributed by atoms with Crippen molar-refractivity contribution < 1.29 is 9.53 Å². The summed E-state index contributed by atoms with van der Waals surface area (Å²) in [6.07, 6.45) is 2.36. The Morgan fingerprint density at radius 1 is 1.38 bits per heavy atom. The lowest BCUT2D eigenvalue weighted by Crippen LogP contribution is -2.50. The van der Waals surface area contributed by atoms with Gasteiger partial charge in [0.1, 0.15) is 11.4 Å². The van der Waals surface area contributed by atoms with E-state index in [0.29, 0.717) is 18.3 Å². The number of piperazine rings is 1. The molecule has 7 nitrogen and oxygen atoms in total. The average molecular weight is 291 g/mol. The molecule has 1 aromatic heterocycles. The number of nitrogens with two attached hydrogens (primary N) is 1. The van der Waals surface area contributed by atoms with E-state index in [4.69, 9.17) is 10.5 Å². The lowest BCUT2D eigenvalue weighted by Gasteiger charge is -2.35. The number of carbonyl (C=O) groups excluding carboxylic acids is 1. The summed E-state index contributed by atoms with van der Waals surface area (Å²) in [7, 11) is 0. The molecule has 1 aromatic rings. The summed E-state index contributed by atoms with van der Waals surface area (Å²) >= 11 is 0. The molecule has 2 atom stereocenters. The highest BCUT2D eigenvalue weighted by Crippen LogP contribution is 2.33. The van der Waals surface area contributed by atoms with Crippen LogP contribution < -0.4 is 10.6 Å². The van der Waals surface area contributed by atoms with Crippen LogP contribution in [0.2, 0.25) is 0 Å². The number of carbonyl (C=O) groups is 1. The maximum atomic E-state index is 12.2. The highest BCUT2D eigenvalue weighted by atomic mass is 16.6. The van der Waals surface area contributed by atoms with E-state index in [1.165, 1.54) is 0 Å². The standard InChI is InChI=1S/C14H21N5O2/c1-14(2,3)21-13(20)19-8-9-6-10(19)7-18(9)12-16-5-4-11(15)17-12/h4-5,9-10H,6-8H2,1-3H3,(H2,15,16,17)/t9-,10-/m0/s1. The van der Waals surface area contributed by atoms with Gasteiger partial charge in [0.25, 0.3) is 0 Å². The third-order valence-electron chi connectivity index (χ3n) is 3.79. The third kappa shape index (κ3) is 2.72. The minimum atomic E-state index is -0.463. The molecule has 0 unspecified atom stereocenters. The van der Waals surface area contributed by atoms with Crippen LogP contribution in [0.15, 0.2) is 12.3 Å². The fourth-order valence-corrected chi connectivity index (χ4v) is 2.96. The number of aromatic nitrogens is 2. The summed E-state index contributed by atoms with van der Waals surface area (Å²) in [5, 5.41) is 0. The molecule has 2 N–H and O–H groups in total. The summed E-state index contributed by atoms with van der Waals surface area (Å²) < 4.78 is 5.45. The van der Waals surface area contributed by atoms with Crippen molar-refractivity contribution in [3.63, 3.8) is 0 Å². The van der Waals surface area contributed by atoms with Gasteiger partial charge in [0.05, 0.1) is 12.1 Å². The van der Waals surface area contributed by atoms with Crippen LogP contribution >= 0.6 is 0 Å². The Labute approximate surface area is 124 Å². The number of rotatable bonds is 1. The molecule has 0 saturated carbocycles. The summed E-state index contributed by atoms with van der Waals surface area (Å²) in [5.74, 6) is 1.11. The van der Waals surface area contributed by atoms with Gasteiger partial charge in [-0.25, -0.2) is 9.78 Å². The van der Waals surface area contributed by atoms with Gasteiger partial charge in [-0.05, 0) is 33.3 Å². The molecular formula is C14H21N5O2. The summed E-state index contributed by atoms with van der Waals surface area (Å²) in [4.78, 5) is 24.7. The Morgan fingerprint density at radius 2 is 2.14 bits per heavy atom. The van der Waals surface area contributed by atoms with Crippen LogP contribution in [-0.2, 0) is 4.74 Å². The molecule has 3 rings (SSSR count). The van der Waals surface area contributed by atoms with Gasteiger partial charge in [-0.1, -0.05) is 0 Å². The predicted molar refractivity (Wildman–Crippen MR) is 78.9 cm³/mol. The number of fused-ring (bicyclic) bond motifs is 2. The van der Waals surface area contributed by atoms with Crippen LogP contribution in [0.25, 0.3) is 0 Å². The largest absolute Gasteiger partial charge is 0.444 e. The van der Waals surface area contributed by atoms with E-state index >= 15 is 0 Å². The molecule has 114 valence electrons. The van der Waals surface area contributed by atoms with Gasteiger partial charge < -0.3 is 20.3 Å². The maximum Gasteiger partial charge on any atom is 0.410 e. The Bertz CT molecular complexity index is 557. The Balaban J connectivity index is 1.68. The molecule has 21 heavy (non-hydrogen) atoms. The van der Waals surface area contributed by atoms with Crippen molar-refractivity contribution >= 4 is 17.9 Å². The number of ether oxygens (including phenoxy) is 1. The minimum absolute atomic E-state index is 0.162. The summed E-state index contributed by atoms with van der Waals surface area (Å²) in [6.45, 7) is 7.02. The van der Waals surface area contributed by atoms with Gasteiger partial charge in [-0.15, -0.1) is 0 Å². The van der Waals surface area contributed by atoms with Crippen molar-refractivity contribution in [2.75, 3.05) is 23.7 Å². The van der Waals surface area contributed by atoms with E-state index in [2.05, 4.69) is 14.9 Å². The van der Waals surface area contributed by atoms with Gasteiger partial charge in [0.15, 0.2) is 0 Å². The fraction of sp³-hybridized carbons (Fsp3) is 0.643. The Morgan fingerprint density at radius 3 is 2.71 bits per heavy atom. The number of anilines is 2. The number of hydrogen-bond donors (Lipinski definition) is 1. The van der Waals surface area contributed by atoms with E-state index < -0.39 is 5.60 Å². The van der Waals surface area contributed by atoms with Crippen molar-refractivity contribution in [2.45, 2.75) is 44.9 Å². The highest BCUT2D eigenvalue weighted by molar-refractivity contribution is 5.70. The molecule has 1 amide bonds. The first kappa shape index (κ1) is 13.9. The molecule has 2 bridgehead atoms. The predicted octanol–water partition coefficient (Wildman–Crippen LogP) is 1.26. The number of hydrogen-bond acceptors (Lipinski definition) is 6. The first-order valence-corrected chi connectivity index (χ1v) is 7.18. The molecular weight excluding hydrogens is 270 g/mol. The minimum Gasteiger partial charge on any atom is -0.444 e. The lowest BCUT2D eigenvalue weighted by molar-refractivity contribution is 0.0214. The zero-order valence-electron chi connectivity index (χ0n) is 12.6. The highest BCUT2D eigenvalue weighted by Gasteiger charge is 2.47. The number of likely N-dealkylation sites (tertiary alicyclic amines) is 1. The van der Waals surface area contributed by atoms with Crippen LogP contribution in [0.1, 0.15) is 27.2 Å². The second-order valence-corrected chi connectivity index (χ2v) is 6.61. The molecule has 0 spiro atoms. The van der Waals surface area contributed by atoms with Crippen molar-refractivity contribution in [1.82, 2.24) is 14.9 Å². The second-order valence-electron chi connectivity index (χ2n) is 6.61. The van der Waals surface area contributed by atoms with E-state index in [1.807, 2.05) is 25.7 Å². The molecule has 7 heteroatoms. The third-order valence-corrected chi connectivity index (χ3v) is 3.79. The van der Waals surface area contributed by atoms with Crippen molar-refractivity contribution in [3.8, 4) is 0 Å². The molecule has 0 aliphatic carbocycles. The maximum absolute atomic E-state index is 12.2. The fourth-order valence-electron chi connectivity index (χ4n) is 2.96.